The fourth-order valence-corrected chi connectivity index (χ4v) is 2.90. The van der Waals surface area contributed by atoms with Crippen molar-refractivity contribution >= 4 is 23.4 Å². The molecule has 23 heavy (non-hydrogen) atoms. The van der Waals surface area contributed by atoms with Crippen LogP contribution in [-0.2, 0) is 0 Å². The number of halogens is 3. The SMILES string of the molecule is CSc1cc(-c2cccc(Cl)c2)nc(-c2ccc(F)cc2F)c1. The third-order valence-electron chi connectivity index (χ3n) is 3.36. The van der Waals surface area contributed by atoms with Gasteiger partial charge in [0.15, 0.2) is 0 Å². The standard InChI is InChI=1S/C18H12ClF2NS/c1-23-14-9-17(11-3-2-4-12(19)7-11)22-18(10-14)15-6-5-13(20)8-16(15)21/h2-10H,1H3. The highest BCUT2D eigenvalue weighted by Gasteiger charge is 2.11. The maximum atomic E-state index is 14.1. The summed E-state index contributed by atoms with van der Waals surface area (Å²) >= 11 is 7.56. The van der Waals surface area contributed by atoms with Gasteiger partial charge in [-0.1, -0.05) is 23.7 Å². The topological polar surface area (TPSA) is 12.9 Å². The predicted molar refractivity (Wildman–Crippen MR) is 91.8 cm³/mol. The van der Waals surface area contributed by atoms with E-state index in [9.17, 15) is 8.78 Å². The van der Waals surface area contributed by atoms with Crippen molar-refractivity contribution in [2.24, 2.45) is 0 Å². The quantitative estimate of drug-likeness (QED) is 0.533. The Labute approximate surface area is 142 Å². The first-order valence-electron chi connectivity index (χ1n) is 6.84. The van der Waals surface area contributed by atoms with E-state index in [1.165, 1.54) is 23.9 Å². The van der Waals surface area contributed by atoms with Gasteiger partial charge in [0.2, 0.25) is 0 Å². The van der Waals surface area contributed by atoms with Gasteiger partial charge in [-0.3, -0.25) is 0 Å². The third-order valence-corrected chi connectivity index (χ3v) is 4.30. The summed E-state index contributed by atoms with van der Waals surface area (Å²) in [6, 6.07) is 14.5. The van der Waals surface area contributed by atoms with Crippen molar-refractivity contribution in [3.05, 3.63) is 71.3 Å². The molecule has 0 aliphatic heterocycles. The van der Waals surface area contributed by atoms with Crippen molar-refractivity contribution in [2.75, 3.05) is 6.26 Å². The number of aromatic nitrogens is 1. The monoisotopic (exact) mass is 347 g/mol. The maximum Gasteiger partial charge on any atom is 0.135 e. The van der Waals surface area contributed by atoms with E-state index in [0.717, 1.165) is 16.5 Å². The lowest BCUT2D eigenvalue weighted by atomic mass is 10.1. The van der Waals surface area contributed by atoms with Crippen LogP contribution in [0.2, 0.25) is 5.02 Å². The zero-order valence-corrected chi connectivity index (χ0v) is 13.8. The molecule has 1 heterocycles. The maximum absolute atomic E-state index is 14.1. The highest BCUT2D eigenvalue weighted by atomic mass is 35.5. The van der Waals surface area contributed by atoms with E-state index in [1.54, 1.807) is 18.2 Å². The van der Waals surface area contributed by atoms with Crippen molar-refractivity contribution in [2.45, 2.75) is 4.90 Å². The van der Waals surface area contributed by atoms with Crippen LogP contribution in [0.25, 0.3) is 22.5 Å². The van der Waals surface area contributed by atoms with E-state index in [4.69, 9.17) is 11.6 Å². The molecule has 0 unspecified atom stereocenters. The fourth-order valence-electron chi connectivity index (χ4n) is 2.25. The smallest absolute Gasteiger partial charge is 0.135 e. The first-order valence-corrected chi connectivity index (χ1v) is 8.44. The van der Waals surface area contributed by atoms with Crippen LogP contribution in [0.4, 0.5) is 8.78 Å². The minimum absolute atomic E-state index is 0.269. The van der Waals surface area contributed by atoms with Gasteiger partial charge >= 0.3 is 0 Å². The number of hydrogen-bond acceptors (Lipinski definition) is 2. The molecule has 0 amide bonds. The van der Waals surface area contributed by atoms with E-state index in [0.29, 0.717) is 16.4 Å². The molecule has 1 nitrogen and oxygen atoms in total. The minimum atomic E-state index is -0.632. The normalized spacial score (nSPS) is 10.8. The molecule has 116 valence electrons. The molecule has 0 saturated heterocycles. The average Bonchev–Trinajstić information content (AvgIpc) is 2.54. The highest BCUT2D eigenvalue weighted by Crippen LogP contribution is 2.30. The summed E-state index contributed by atoms with van der Waals surface area (Å²) in [4.78, 5) is 5.46. The molecule has 0 spiro atoms. The number of rotatable bonds is 3. The van der Waals surface area contributed by atoms with Crippen LogP contribution in [0.3, 0.4) is 0 Å². The molecular weight excluding hydrogens is 336 g/mol. The molecule has 5 heteroatoms. The van der Waals surface area contributed by atoms with E-state index < -0.39 is 11.6 Å². The Kier molecular flexibility index (Phi) is 4.64. The molecule has 0 saturated carbocycles. The van der Waals surface area contributed by atoms with Gasteiger partial charge in [-0.15, -0.1) is 11.8 Å². The molecule has 2 aromatic carbocycles. The van der Waals surface area contributed by atoms with Crippen molar-refractivity contribution < 1.29 is 8.78 Å². The minimum Gasteiger partial charge on any atom is -0.248 e. The number of benzene rings is 2. The summed E-state index contributed by atoms with van der Waals surface area (Å²) in [5.74, 6) is -1.24. The van der Waals surface area contributed by atoms with Gasteiger partial charge in [-0.2, -0.15) is 0 Å². The van der Waals surface area contributed by atoms with Gasteiger partial charge in [0.1, 0.15) is 11.6 Å². The number of thioether (sulfide) groups is 1. The summed E-state index contributed by atoms with van der Waals surface area (Å²) in [7, 11) is 0. The summed E-state index contributed by atoms with van der Waals surface area (Å²) in [6.45, 7) is 0. The van der Waals surface area contributed by atoms with Crippen LogP contribution >= 0.6 is 23.4 Å². The van der Waals surface area contributed by atoms with E-state index >= 15 is 0 Å². The Bertz CT molecular complexity index is 867. The van der Waals surface area contributed by atoms with Gasteiger partial charge < -0.3 is 0 Å². The second-order valence-corrected chi connectivity index (χ2v) is 6.23. The van der Waals surface area contributed by atoms with Crippen LogP contribution in [-0.4, -0.2) is 11.2 Å². The summed E-state index contributed by atoms with van der Waals surface area (Å²) < 4.78 is 27.2. The molecule has 3 aromatic rings. The number of hydrogen-bond donors (Lipinski definition) is 0. The van der Waals surface area contributed by atoms with Gasteiger partial charge in [0.05, 0.1) is 11.4 Å². The van der Waals surface area contributed by atoms with E-state index in [-0.39, 0.29) is 5.56 Å². The van der Waals surface area contributed by atoms with Crippen molar-refractivity contribution in [3.8, 4) is 22.5 Å². The van der Waals surface area contributed by atoms with Crippen LogP contribution in [0.1, 0.15) is 0 Å². The molecular formula is C18H12ClF2NS. The molecule has 3 rings (SSSR count). The van der Waals surface area contributed by atoms with Gasteiger partial charge in [0, 0.05) is 27.1 Å². The average molecular weight is 348 g/mol. The zero-order valence-electron chi connectivity index (χ0n) is 12.2. The van der Waals surface area contributed by atoms with Crippen molar-refractivity contribution in [3.63, 3.8) is 0 Å². The lowest BCUT2D eigenvalue weighted by Crippen LogP contribution is -1.93. The largest absolute Gasteiger partial charge is 0.248 e. The van der Waals surface area contributed by atoms with E-state index in [2.05, 4.69) is 4.98 Å². The Balaban J connectivity index is 2.16. The summed E-state index contributed by atoms with van der Waals surface area (Å²) in [5, 5.41) is 0.605. The fraction of sp³-hybridized carbons (Fsp3) is 0.0556. The van der Waals surface area contributed by atoms with Crippen LogP contribution in [0, 0.1) is 11.6 Å². The first-order chi connectivity index (χ1) is 11.1. The van der Waals surface area contributed by atoms with Crippen molar-refractivity contribution in [1.82, 2.24) is 4.98 Å². The molecule has 0 aliphatic rings. The third kappa shape index (κ3) is 3.54. The molecule has 0 fully saturated rings. The molecule has 0 bridgehead atoms. The van der Waals surface area contributed by atoms with Crippen LogP contribution in [0.15, 0.2) is 59.5 Å². The molecule has 0 atom stereocenters. The van der Waals surface area contributed by atoms with Gasteiger partial charge in [-0.05, 0) is 42.7 Å². The zero-order chi connectivity index (χ0) is 16.4. The number of nitrogens with zero attached hydrogens (tertiary/aromatic N) is 1. The first kappa shape index (κ1) is 16.0. The molecule has 0 aliphatic carbocycles. The second kappa shape index (κ2) is 6.69. The molecule has 0 N–H and O–H groups in total. The molecule has 1 aromatic heterocycles. The van der Waals surface area contributed by atoms with Gasteiger partial charge in [-0.25, -0.2) is 13.8 Å². The Morgan fingerprint density at radius 2 is 1.74 bits per heavy atom. The van der Waals surface area contributed by atoms with Crippen molar-refractivity contribution in [1.29, 1.82) is 0 Å². The Morgan fingerprint density at radius 3 is 2.43 bits per heavy atom. The Hall–Kier alpha value is -1.91. The summed E-state index contributed by atoms with van der Waals surface area (Å²) in [6.07, 6.45) is 1.93. The predicted octanol–water partition coefficient (Wildman–Crippen LogP) is 6.07. The van der Waals surface area contributed by atoms with Crippen LogP contribution in [0.5, 0.6) is 0 Å². The number of pyridine rings is 1. The van der Waals surface area contributed by atoms with Gasteiger partial charge in [0.25, 0.3) is 0 Å². The van der Waals surface area contributed by atoms with E-state index in [1.807, 2.05) is 24.5 Å². The second-order valence-electron chi connectivity index (χ2n) is 4.91. The Morgan fingerprint density at radius 1 is 0.957 bits per heavy atom. The summed E-state index contributed by atoms with van der Waals surface area (Å²) in [5.41, 5.74) is 2.27. The highest BCUT2D eigenvalue weighted by molar-refractivity contribution is 7.98. The lowest BCUT2D eigenvalue weighted by Gasteiger charge is -2.09. The van der Waals surface area contributed by atoms with Crippen LogP contribution < -0.4 is 0 Å². The molecule has 0 radical (unpaired) electrons. The lowest BCUT2D eigenvalue weighted by molar-refractivity contribution is 0.585.